The number of fused-ring (bicyclic) bond motifs is 2. The van der Waals surface area contributed by atoms with Crippen LogP contribution in [-0.2, 0) is 0 Å². The predicted octanol–water partition coefficient (Wildman–Crippen LogP) is 2.32. The van der Waals surface area contributed by atoms with Crippen LogP contribution in [0.4, 0.5) is 5.69 Å². The fourth-order valence-corrected chi connectivity index (χ4v) is 3.04. The first kappa shape index (κ1) is 16.3. The molecule has 5 nitrogen and oxygen atoms in total. The van der Waals surface area contributed by atoms with Gasteiger partial charge in [-0.05, 0) is 51.9 Å². The maximum atomic E-state index is 12.5. The molecule has 0 spiro atoms. The number of pyridine rings is 1. The number of rotatable bonds is 3. The second-order valence-corrected chi connectivity index (χ2v) is 6.05. The molecule has 0 fully saturated rings. The predicted molar refractivity (Wildman–Crippen MR) is 103 cm³/mol. The summed E-state index contributed by atoms with van der Waals surface area (Å²) in [5, 5.41) is 26.0. The second kappa shape index (κ2) is 6.59. The molecule has 0 saturated heterocycles. The molecule has 1 aromatic heterocycles. The molecule has 6 heteroatoms. The third-order valence-electron chi connectivity index (χ3n) is 4.34. The van der Waals surface area contributed by atoms with Gasteiger partial charge >= 0.3 is 7.12 Å². The van der Waals surface area contributed by atoms with Gasteiger partial charge in [-0.1, -0.05) is 30.3 Å². The molecule has 0 saturated carbocycles. The molecule has 4 rings (SSSR count). The number of nitrogens with one attached hydrogen (secondary N) is 1. The Morgan fingerprint density at radius 3 is 2.31 bits per heavy atom. The van der Waals surface area contributed by atoms with Crippen molar-refractivity contribution in [3.63, 3.8) is 0 Å². The quantitative estimate of drug-likeness (QED) is 0.394. The molecule has 126 valence electrons. The third kappa shape index (κ3) is 3.03. The van der Waals surface area contributed by atoms with Crippen molar-refractivity contribution >= 4 is 45.7 Å². The lowest BCUT2D eigenvalue weighted by Crippen LogP contribution is -2.36. The molecule has 0 bridgehead atoms. The van der Waals surface area contributed by atoms with E-state index >= 15 is 0 Å². The number of carbonyl (C=O) groups excluding carboxylic acids is 1. The van der Waals surface area contributed by atoms with Crippen LogP contribution in [0.1, 0.15) is 10.4 Å². The van der Waals surface area contributed by atoms with Gasteiger partial charge in [-0.2, -0.15) is 0 Å². The standard InChI is InChI=1S/C20H15BN2O3/c24-20(18-7-8-22-12-19(18)21(25)26)23-17-6-5-15-9-13-3-1-2-4-14(13)10-16(15)11-17/h1-12,25-26H,(H,23,24). The molecule has 1 amide bonds. The SMILES string of the molecule is O=C(Nc1ccc2cc3ccccc3cc2c1)c1ccncc1B(O)O. The smallest absolute Gasteiger partial charge is 0.423 e. The normalized spacial score (nSPS) is 10.8. The van der Waals surface area contributed by atoms with Crippen LogP contribution in [0, 0.1) is 0 Å². The van der Waals surface area contributed by atoms with E-state index in [9.17, 15) is 14.8 Å². The van der Waals surface area contributed by atoms with E-state index in [2.05, 4.69) is 28.5 Å². The van der Waals surface area contributed by atoms with Gasteiger partial charge in [-0.25, -0.2) is 0 Å². The lowest BCUT2D eigenvalue weighted by Gasteiger charge is -2.10. The molecule has 0 unspecified atom stereocenters. The van der Waals surface area contributed by atoms with Crippen molar-refractivity contribution in [1.29, 1.82) is 0 Å². The van der Waals surface area contributed by atoms with Crippen LogP contribution in [0.25, 0.3) is 21.5 Å². The lowest BCUT2D eigenvalue weighted by atomic mass is 9.78. The fourth-order valence-electron chi connectivity index (χ4n) is 3.04. The summed E-state index contributed by atoms with van der Waals surface area (Å²) in [5.74, 6) is -0.421. The van der Waals surface area contributed by atoms with Crippen LogP contribution in [0.3, 0.4) is 0 Å². The van der Waals surface area contributed by atoms with Crippen molar-refractivity contribution in [2.24, 2.45) is 0 Å². The fraction of sp³-hybridized carbons (Fsp3) is 0. The van der Waals surface area contributed by atoms with Crippen LogP contribution < -0.4 is 10.8 Å². The lowest BCUT2D eigenvalue weighted by molar-refractivity contribution is 0.102. The van der Waals surface area contributed by atoms with Crippen LogP contribution in [0.5, 0.6) is 0 Å². The molecule has 0 aliphatic heterocycles. The number of amides is 1. The van der Waals surface area contributed by atoms with Crippen LogP contribution in [0.2, 0.25) is 0 Å². The van der Waals surface area contributed by atoms with Gasteiger partial charge in [-0.3, -0.25) is 9.78 Å². The van der Waals surface area contributed by atoms with Gasteiger partial charge in [0.05, 0.1) is 0 Å². The molecule has 1 heterocycles. The Labute approximate surface area is 150 Å². The Kier molecular flexibility index (Phi) is 4.12. The van der Waals surface area contributed by atoms with E-state index in [-0.39, 0.29) is 11.0 Å². The van der Waals surface area contributed by atoms with Crippen LogP contribution >= 0.6 is 0 Å². The largest absolute Gasteiger partial charge is 0.490 e. The van der Waals surface area contributed by atoms with Gasteiger partial charge in [0, 0.05) is 29.1 Å². The number of hydrogen-bond donors (Lipinski definition) is 3. The summed E-state index contributed by atoms with van der Waals surface area (Å²) in [6.45, 7) is 0. The van der Waals surface area contributed by atoms with Crippen molar-refractivity contribution in [1.82, 2.24) is 4.98 Å². The highest BCUT2D eigenvalue weighted by Gasteiger charge is 2.20. The summed E-state index contributed by atoms with van der Waals surface area (Å²) >= 11 is 0. The highest BCUT2D eigenvalue weighted by atomic mass is 16.4. The number of nitrogens with zero attached hydrogens (tertiary/aromatic N) is 1. The number of hydrogen-bond acceptors (Lipinski definition) is 4. The first-order chi connectivity index (χ1) is 12.6. The van der Waals surface area contributed by atoms with Crippen LogP contribution in [0.15, 0.2) is 73.1 Å². The number of anilines is 1. The van der Waals surface area contributed by atoms with Gasteiger partial charge in [0.2, 0.25) is 0 Å². The number of carbonyl (C=O) groups is 1. The minimum Gasteiger partial charge on any atom is -0.423 e. The molecule has 0 atom stereocenters. The molecule has 3 aromatic carbocycles. The topological polar surface area (TPSA) is 82.5 Å². The second-order valence-electron chi connectivity index (χ2n) is 6.05. The maximum Gasteiger partial charge on any atom is 0.490 e. The third-order valence-corrected chi connectivity index (χ3v) is 4.34. The average Bonchev–Trinajstić information content (AvgIpc) is 2.66. The van der Waals surface area contributed by atoms with Crippen molar-refractivity contribution in [3.05, 3.63) is 78.6 Å². The van der Waals surface area contributed by atoms with Gasteiger partial charge in [0.25, 0.3) is 5.91 Å². The van der Waals surface area contributed by atoms with Crippen molar-refractivity contribution in [3.8, 4) is 0 Å². The van der Waals surface area contributed by atoms with Gasteiger partial charge in [0.1, 0.15) is 0 Å². The summed E-state index contributed by atoms with van der Waals surface area (Å²) < 4.78 is 0. The zero-order valence-corrected chi connectivity index (χ0v) is 13.8. The highest BCUT2D eigenvalue weighted by molar-refractivity contribution is 6.60. The average molecular weight is 342 g/mol. The zero-order valence-electron chi connectivity index (χ0n) is 13.8. The maximum absolute atomic E-state index is 12.5. The van der Waals surface area contributed by atoms with E-state index in [1.807, 2.05) is 36.4 Å². The Balaban J connectivity index is 1.69. The highest BCUT2D eigenvalue weighted by Crippen LogP contribution is 2.25. The summed E-state index contributed by atoms with van der Waals surface area (Å²) in [6.07, 6.45) is 2.71. The Morgan fingerprint density at radius 1 is 0.885 bits per heavy atom. The molecular formula is C20H15BN2O3. The van der Waals surface area contributed by atoms with Gasteiger partial charge < -0.3 is 15.4 Å². The Morgan fingerprint density at radius 2 is 1.58 bits per heavy atom. The minimum absolute atomic E-state index is 0.0665. The molecular weight excluding hydrogens is 327 g/mol. The van der Waals surface area contributed by atoms with E-state index in [1.54, 1.807) is 0 Å². The van der Waals surface area contributed by atoms with E-state index in [0.717, 1.165) is 21.5 Å². The summed E-state index contributed by atoms with van der Waals surface area (Å²) in [7, 11) is -1.76. The van der Waals surface area contributed by atoms with Gasteiger partial charge in [0.15, 0.2) is 0 Å². The summed E-state index contributed by atoms with van der Waals surface area (Å²) in [4.78, 5) is 16.4. The van der Waals surface area contributed by atoms with E-state index in [0.29, 0.717) is 5.69 Å². The van der Waals surface area contributed by atoms with E-state index in [4.69, 9.17) is 0 Å². The number of aromatic nitrogens is 1. The molecule has 3 N–H and O–H groups in total. The molecule has 26 heavy (non-hydrogen) atoms. The minimum atomic E-state index is -1.76. The Hall–Kier alpha value is -3.22. The molecule has 4 aromatic rings. The van der Waals surface area contributed by atoms with Crippen molar-refractivity contribution < 1.29 is 14.8 Å². The first-order valence-corrected chi connectivity index (χ1v) is 8.16. The van der Waals surface area contributed by atoms with E-state index in [1.165, 1.54) is 18.5 Å². The Bertz CT molecular complexity index is 1130. The van der Waals surface area contributed by atoms with Crippen molar-refractivity contribution in [2.45, 2.75) is 0 Å². The molecule has 0 aliphatic rings. The summed E-state index contributed by atoms with van der Waals surface area (Å²) in [6, 6.07) is 19.4. The monoisotopic (exact) mass is 342 g/mol. The molecule has 0 aliphatic carbocycles. The van der Waals surface area contributed by atoms with Crippen molar-refractivity contribution in [2.75, 3.05) is 5.32 Å². The van der Waals surface area contributed by atoms with Gasteiger partial charge in [-0.15, -0.1) is 0 Å². The summed E-state index contributed by atoms with van der Waals surface area (Å²) in [5.41, 5.74) is 0.873. The number of benzene rings is 3. The zero-order chi connectivity index (χ0) is 18.1. The van der Waals surface area contributed by atoms with Crippen LogP contribution in [-0.4, -0.2) is 28.1 Å². The first-order valence-electron chi connectivity index (χ1n) is 8.16. The molecule has 0 radical (unpaired) electrons. The van der Waals surface area contributed by atoms with E-state index < -0.39 is 13.0 Å².